The molecule has 2 heteroatoms. The van der Waals surface area contributed by atoms with E-state index in [4.69, 9.17) is 0 Å². The number of aryl methyl sites for hydroxylation is 2. The fourth-order valence-corrected chi connectivity index (χ4v) is 7.33. The van der Waals surface area contributed by atoms with E-state index in [9.17, 15) is 0 Å². The molecule has 0 spiro atoms. The highest BCUT2D eigenvalue weighted by molar-refractivity contribution is 7.44. The third-order valence-electron chi connectivity index (χ3n) is 6.45. The summed E-state index contributed by atoms with van der Waals surface area (Å²) >= 11 is 0. The first-order chi connectivity index (χ1) is 12.3. The van der Waals surface area contributed by atoms with E-state index in [1.165, 1.54) is 46.9 Å². The first kappa shape index (κ1) is 19.5. The SMILES string of the molecule is CC1=PC(C)(C(CP)(c2ccc(C)cc2)c2ccc(C)cc2)C(C)=C1C. The van der Waals surface area contributed by atoms with Crippen LogP contribution in [0.2, 0.25) is 0 Å². The summed E-state index contributed by atoms with van der Waals surface area (Å²) in [5, 5.41) is 1.56. The van der Waals surface area contributed by atoms with E-state index < -0.39 is 0 Å². The molecule has 0 N–H and O–H groups in total. The minimum atomic E-state index is -0.0657. The van der Waals surface area contributed by atoms with Crippen LogP contribution in [0, 0.1) is 13.8 Å². The molecule has 0 nitrogen and oxygen atoms in total. The maximum atomic E-state index is 3.07. The molecule has 136 valence electrons. The number of allylic oxidation sites excluding steroid dienone is 2. The second-order valence-corrected chi connectivity index (χ2v) is 10.1. The molecule has 1 aliphatic rings. The smallest absolute Gasteiger partial charge is 0.0448 e. The average molecular weight is 380 g/mol. The molecule has 1 aliphatic heterocycles. The lowest BCUT2D eigenvalue weighted by molar-refractivity contribution is 0.473. The Hall–Kier alpha value is -1.22. The maximum Gasteiger partial charge on any atom is 0.0448 e. The summed E-state index contributed by atoms with van der Waals surface area (Å²) in [4.78, 5) is 0. The monoisotopic (exact) mass is 380 g/mol. The Kier molecular flexibility index (Phi) is 5.31. The van der Waals surface area contributed by atoms with Crippen LogP contribution in [0.5, 0.6) is 0 Å². The first-order valence-electron chi connectivity index (χ1n) is 9.35. The van der Waals surface area contributed by atoms with E-state index in [0.29, 0.717) is 0 Å². The molecular weight excluding hydrogens is 350 g/mol. The lowest BCUT2D eigenvalue weighted by Crippen LogP contribution is -2.48. The Morgan fingerprint density at radius 3 is 1.54 bits per heavy atom. The Labute approximate surface area is 163 Å². The molecule has 2 unspecified atom stereocenters. The van der Waals surface area contributed by atoms with Crippen molar-refractivity contribution >= 4 is 22.7 Å². The second kappa shape index (κ2) is 7.07. The predicted octanol–water partition coefficient (Wildman–Crippen LogP) is 6.71. The molecule has 0 fully saturated rings. The molecule has 2 aromatic carbocycles. The quantitative estimate of drug-likeness (QED) is 0.517. The molecule has 0 aromatic heterocycles. The van der Waals surface area contributed by atoms with Crippen LogP contribution in [0.1, 0.15) is 49.9 Å². The summed E-state index contributed by atoms with van der Waals surface area (Å²) in [7, 11) is 4.50. The fourth-order valence-electron chi connectivity index (χ4n) is 4.39. The molecule has 2 atom stereocenters. The molecule has 3 rings (SSSR count). The van der Waals surface area contributed by atoms with Crippen molar-refractivity contribution in [2.24, 2.45) is 0 Å². The van der Waals surface area contributed by atoms with E-state index in [-0.39, 0.29) is 10.6 Å². The molecule has 2 aromatic rings. The number of rotatable bonds is 4. The first-order valence-corrected chi connectivity index (χ1v) is 11.1. The minimum absolute atomic E-state index is 0.0490. The largest absolute Gasteiger partial charge is 0.136 e. The number of benzene rings is 2. The topological polar surface area (TPSA) is 0 Å². The zero-order valence-corrected chi connectivity index (χ0v) is 18.9. The molecular formula is C24H30P2. The molecule has 0 bridgehead atoms. The van der Waals surface area contributed by atoms with Gasteiger partial charge in [-0.1, -0.05) is 73.4 Å². The third-order valence-corrected chi connectivity index (χ3v) is 8.90. The Morgan fingerprint density at radius 1 is 0.808 bits per heavy atom. The van der Waals surface area contributed by atoms with Gasteiger partial charge in [-0.25, -0.2) is 0 Å². The van der Waals surface area contributed by atoms with Crippen LogP contribution in [0.15, 0.2) is 59.7 Å². The van der Waals surface area contributed by atoms with Crippen LogP contribution in [-0.4, -0.2) is 16.6 Å². The molecule has 0 amide bonds. The van der Waals surface area contributed by atoms with Gasteiger partial charge in [0.2, 0.25) is 0 Å². The second-order valence-electron chi connectivity index (χ2n) is 7.86. The highest BCUT2D eigenvalue weighted by atomic mass is 31.1. The van der Waals surface area contributed by atoms with Gasteiger partial charge in [0.1, 0.15) is 0 Å². The molecule has 1 heterocycles. The van der Waals surface area contributed by atoms with Crippen molar-refractivity contribution in [3.8, 4) is 0 Å². The summed E-state index contributed by atoms with van der Waals surface area (Å²) in [6.07, 6.45) is 1.00. The number of hydrogen-bond acceptors (Lipinski definition) is 0. The molecule has 0 radical (unpaired) electrons. The lowest BCUT2D eigenvalue weighted by Gasteiger charge is -2.47. The zero-order chi connectivity index (χ0) is 19.1. The molecule has 26 heavy (non-hydrogen) atoms. The number of hydrogen-bond donors (Lipinski definition) is 0. The Bertz CT molecular complexity index is 824. The van der Waals surface area contributed by atoms with E-state index in [2.05, 4.69) is 99.3 Å². The van der Waals surface area contributed by atoms with Gasteiger partial charge in [0, 0.05) is 10.6 Å². The van der Waals surface area contributed by atoms with E-state index in [1.807, 2.05) is 0 Å². The van der Waals surface area contributed by atoms with Crippen molar-refractivity contribution in [2.75, 3.05) is 6.16 Å². The summed E-state index contributed by atoms with van der Waals surface area (Å²) in [5.41, 5.74) is 8.41. The van der Waals surface area contributed by atoms with Crippen molar-refractivity contribution < 1.29 is 0 Å². The summed E-state index contributed by atoms with van der Waals surface area (Å²) in [6.45, 7) is 13.7. The van der Waals surface area contributed by atoms with Gasteiger partial charge in [0.05, 0.1) is 0 Å². The van der Waals surface area contributed by atoms with Gasteiger partial charge in [0.25, 0.3) is 0 Å². The molecule has 0 aliphatic carbocycles. The van der Waals surface area contributed by atoms with Gasteiger partial charge >= 0.3 is 0 Å². The Morgan fingerprint density at radius 2 is 1.23 bits per heavy atom. The highest BCUT2D eigenvalue weighted by Gasteiger charge is 2.52. The normalized spacial score (nSPS) is 21.1. The van der Waals surface area contributed by atoms with Gasteiger partial charge in [-0.3, -0.25) is 0 Å². The third kappa shape index (κ3) is 2.83. The summed E-state index contributed by atoms with van der Waals surface area (Å²) in [5.74, 6) is 0. The van der Waals surface area contributed by atoms with Gasteiger partial charge in [-0.15, -0.1) is 9.24 Å². The Balaban J connectivity index is 2.36. The van der Waals surface area contributed by atoms with Gasteiger partial charge < -0.3 is 0 Å². The predicted molar refractivity (Wildman–Crippen MR) is 122 cm³/mol. The fraction of sp³-hybridized carbons (Fsp3) is 0.375. The van der Waals surface area contributed by atoms with Crippen molar-refractivity contribution in [3.05, 3.63) is 81.9 Å². The van der Waals surface area contributed by atoms with Crippen LogP contribution in [0.3, 0.4) is 0 Å². The van der Waals surface area contributed by atoms with Crippen molar-refractivity contribution in [1.29, 1.82) is 0 Å². The minimum Gasteiger partial charge on any atom is -0.136 e. The van der Waals surface area contributed by atoms with Crippen molar-refractivity contribution in [2.45, 2.75) is 52.1 Å². The zero-order valence-electron chi connectivity index (χ0n) is 16.9. The van der Waals surface area contributed by atoms with E-state index in [0.717, 1.165) is 6.16 Å². The highest BCUT2D eigenvalue weighted by Crippen LogP contribution is 2.57. The van der Waals surface area contributed by atoms with Crippen molar-refractivity contribution in [1.82, 2.24) is 0 Å². The lowest BCUT2D eigenvalue weighted by atomic mass is 9.64. The maximum absolute atomic E-state index is 3.07. The van der Waals surface area contributed by atoms with Crippen LogP contribution in [0.4, 0.5) is 0 Å². The summed E-state index contributed by atoms with van der Waals surface area (Å²) < 4.78 is 0. The van der Waals surface area contributed by atoms with Gasteiger partial charge in [-0.05, 0) is 69.7 Å². The standard InChI is InChI=1S/C24H30P2/c1-16-7-11-21(12-8-16)24(15-25,22-13-9-17(2)10-14-22)23(6)19(4)18(3)20(5)26-23/h7-14H,15,25H2,1-6H3. The molecule has 0 saturated carbocycles. The van der Waals surface area contributed by atoms with Crippen molar-refractivity contribution in [3.63, 3.8) is 0 Å². The average Bonchev–Trinajstić information content (AvgIpc) is 2.83. The summed E-state index contributed by atoms with van der Waals surface area (Å²) in [6, 6.07) is 18.4. The van der Waals surface area contributed by atoms with Crippen LogP contribution in [0.25, 0.3) is 0 Å². The van der Waals surface area contributed by atoms with Crippen LogP contribution in [-0.2, 0) is 5.41 Å². The van der Waals surface area contributed by atoms with Crippen LogP contribution < -0.4 is 0 Å². The van der Waals surface area contributed by atoms with E-state index in [1.54, 1.807) is 0 Å². The van der Waals surface area contributed by atoms with Crippen LogP contribution >= 0.6 is 17.4 Å². The van der Waals surface area contributed by atoms with E-state index >= 15 is 0 Å². The molecule has 0 saturated heterocycles. The van der Waals surface area contributed by atoms with Gasteiger partial charge in [0.15, 0.2) is 0 Å². The van der Waals surface area contributed by atoms with Gasteiger partial charge in [-0.2, -0.15) is 0 Å².